The summed E-state index contributed by atoms with van der Waals surface area (Å²) >= 11 is 1.16. The third-order valence-electron chi connectivity index (χ3n) is 5.34. The van der Waals surface area contributed by atoms with E-state index in [1.807, 2.05) is 6.07 Å². The Labute approximate surface area is 201 Å². The number of Topliss-reactive ketones (excluding diaryl/α,β-unsaturated/α-hetero) is 1. The molecular weight excluding hydrogens is 460 g/mol. The molecule has 0 saturated carbocycles. The second kappa shape index (κ2) is 10.1. The number of rotatable bonds is 8. The van der Waals surface area contributed by atoms with Crippen LogP contribution >= 0.6 is 11.3 Å². The van der Waals surface area contributed by atoms with Crippen molar-refractivity contribution in [3.8, 4) is 22.1 Å². The van der Waals surface area contributed by atoms with E-state index in [-0.39, 0.29) is 5.69 Å². The number of carbonyl (C=O) groups excluding carboxylic acids is 3. The molecule has 10 heteroatoms. The quantitative estimate of drug-likeness (QED) is 0.370. The van der Waals surface area contributed by atoms with Crippen molar-refractivity contribution >= 4 is 29.1 Å². The van der Waals surface area contributed by atoms with E-state index in [1.165, 1.54) is 21.1 Å². The van der Waals surface area contributed by atoms with Crippen LogP contribution in [0.5, 0.6) is 11.5 Å². The largest absolute Gasteiger partial charge is 0.493 e. The van der Waals surface area contributed by atoms with Gasteiger partial charge in [0.25, 0.3) is 0 Å². The Kier molecular flexibility index (Phi) is 7.41. The highest BCUT2D eigenvalue weighted by Gasteiger charge is 2.29. The van der Waals surface area contributed by atoms with Gasteiger partial charge in [-0.05, 0) is 51.5 Å². The smallest absolute Gasteiger partial charge is 0.350 e. The Hall–Kier alpha value is -3.66. The van der Waals surface area contributed by atoms with Gasteiger partial charge >= 0.3 is 11.9 Å². The van der Waals surface area contributed by atoms with Gasteiger partial charge in [-0.1, -0.05) is 0 Å². The van der Waals surface area contributed by atoms with Crippen LogP contribution in [-0.2, 0) is 9.47 Å². The Bertz CT molecular complexity index is 1260. The van der Waals surface area contributed by atoms with Gasteiger partial charge in [-0.25, -0.2) is 14.6 Å². The fourth-order valence-electron chi connectivity index (χ4n) is 3.55. The maximum Gasteiger partial charge on any atom is 0.350 e. The second-order valence-corrected chi connectivity index (χ2v) is 8.53. The number of aryl methyl sites for hydroxylation is 2. The first-order chi connectivity index (χ1) is 16.1. The molecule has 0 fully saturated rings. The molecule has 1 aromatic carbocycles. The summed E-state index contributed by atoms with van der Waals surface area (Å²) in [4.78, 5) is 45.5. The summed E-state index contributed by atoms with van der Waals surface area (Å²) in [6.07, 6.45) is -1.08. The van der Waals surface area contributed by atoms with Crippen LogP contribution < -0.4 is 9.47 Å². The molecule has 1 unspecified atom stereocenters. The Morgan fingerprint density at radius 2 is 1.68 bits per heavy atom. The number of benzene rings is 1. The highest BCUT2D eigenvalue weighted by Crippen LogP contribution is 2.35. The molecule has 9 nitrogen and oxygen atoms in total. The summed E-state index contributed by atoms with van der Waals surface area (Å²) in [7, 11) is 4.36. The molecular formula is C24H26N2O7S. The lowest BCUT2D eigenvalue weighted by Gasteiger charge is -2.11. The van der Waals surface area contributed by atoms with Gasteiger partial charge in [-0.3, -0.25) is 4.79 Å². The predicted octanol–water partition coefficient (Wildman–Crippen LogP) is 4.30. The van der Waals surface area contributed by atoms with Gasteiger partial charge in [0.05, 0.1) is 38.3 Å². The van der Waals surface area contributed by atoms with Crippen molar-refractivity contribution in [2.24, 2.45) is 0 Å². The van der Waals surface area contributed by atoms with Crippen LogP contribution in [0.2, 0.25) is 0 Å². The van der Waals surface area contributed by atoms with E-state index in [0.717, 1.165) is 16.9 Å². The zero-order valence-electron chi connectivity index (χ0n) is 20.0. The van der Waals surface area contributed by atoms with Crippen molar-refractivity contribution in [2.75, 3.05) is 21.3 Å². The van der Waals surface area contributed by atoms with E-state index in [9.17, 15) is 14.4 Å². The van der Waals surface area contributed by atoms with Gasteiger partial charge in [0.15, 0.2) is 17.6 Å². The monoisotopic (exact) mass is 486 g/mol. The van der Waals surface area contributed by atoms with Gasteiger partial charge in [0.1, 0.15) is 9.88 Å². The van der Waals surface area contributed by atoms with Crippen molar-refractivity contribution in [3.63, 3.8) is 0 Å². The number of H-pyrrole nitrogens is 1. The van der Waals surface area contributed by atoms with E-state index >= 15 is 0 Å². The Balaban J connectivity index is 1.81. The fraction of sp³-hybridized carbons (Fsp3) is 0.333. The lowest BCUT2D eigenvalue weighted by Crippen LogP contribution is -2.25. The first-order valence-electron chi connectivity index (χ1n) is 10.3. The lowest BCUT2D eigenvalue weighted by atomic mass is 10.1. The SMILES string of the molecule is COC(=O)c1c(C)[nH]c(C(=O)C(C)OC(=O)c2sc(-c3ccc(OC)c(OC)c3)nc2C)c1C. The van der Waals surface area contributed by atoms with E-state index in [0.29, 0.717) is 43.9 Å². The molecule has 0 aliphatic heterocycles. The lowest BCUT2D eigenvalue weighted by molar-refractivity contribution is 0.0320. The molecule has 2 aromatic heterocycles. The summed E-state index contributed by atoms with van der Waals surface area (Å²) in [6.45, 7) is 6.49. The minimum absolute atomic E-state index is 0.199. The summed E-state index contributed by atoms with van der Waals surface area (Å²) in [5, 5.41) is 0.600. The minimum Gasteiger partial charge on any atom is -0.493 e. The molecule has 1 atom stereocenters. The maximum atomic E-state index is 13.0. The van der Waals surface area contributed by atoms with Crippen LogP contribution in [0, 0.1) is 20.8 Å². The normalized spacial score (nSPS) is 11.6. The molecule has 0 amide bonds. The first kappa shape index (κ1) is 25.0. The van der Waals surface area contributed by atoms with E-state index in [4.69, 9.17) is 18.9 Å². The van der Waals surface area contributed by atoms with Gasteiger partial charge in [0.2, 0.25) is 5.78 Å². The third kappa shape index (κ3) is 4.67. The van der Waals surface area contributed by atoms with Crippen LogP contribution in [-0.4, -0.2) is 55.1 Å². The molecule has 0 spiro atoms. The zero-order chi connectivity index (χ0) is 25.2. The molecule has 0 aliphatic rings. The van der Waals surface area contributed by atoms with Crippen molar-refractivity contribution in [1.29, 1.82) is 0 Å². The molecule has 0 aliphatic carbocycles. The topological polar surface area (TPSA) is 117 Å². The number of nitrogens with one attached hydrogen (secondary N) is 1. The van der Waals surface area contributed by atoms with Crippen molar-refractivity contribution in [1.82, 2.24) is 9.97 Å². The average molecular weight is 487 g/mol. The molecule has 1 N–H and O–H groups in total. The summed E-state index contributed by atoms with van der Waals surface area (Å²) in [5.41, 5.74) is 2.68. The molecule has 0 radical (unpaired) electrons. The van der Waals surface area contributed by atoms with Crippen LogP contribution in [0.4, 0.5) is 0 Å². The molecule has 3 aromatic rings. The number of ether oxygens (including phenoxy) is 4. The first-order valence-corrected chi connectivity index (χ1v) is 11.2. The van der Waals surface area contributed by atoms with Crippen molar-refractivity contribution < 1.29 is 33.3 Å². The van der Waals surface area contributed by atoms with Gasteiger partial charge in [-0.2, -0.15) is 0 Å². The van der Waals surface area contributed by atoms with Crippen molar-refractivity contribution in [3.05, 3.63) is 51.3 Å². The summed E-state index contributed by atoms with van der Waals surface area (Å²) in [5.74, 6) is -0.531. The number of thiazole rings is 1. The number of esters is 2. The van der Waals surface area contributed by atoms with Crippen molar-refractivity contribution in [2.45, 2.75) is 33.8 Å². The Morgan fingerprint density at radius 1 is 1.00 bits per heavy atom. The average Bonchev–Trinajstić information content (AvgIpc) is 3.36. The Morgan fingerprint density at radius 3 is 2.29 bits per heavy atom. The number of nitrogens with zero attached hydrogens (tertiary/aromatic N) is 1. The van der Waals surface area contributed by atoms with Gasteiger partial charge in [-0.15, -0.1) is 11.3 Å². The molecule has 0 saturated heterocycles. The van der Waals surface area contributed by atoms with E-state index in [2.05, 4.69) is 9.97 Å². The second-order valence-electron chi connectivity index (χ2n) is 7.53. The number of hydrogen-bond acceptors (Lipinski definition) is 9. The van der Waals surface area contributed by atoms with Crippen LogP contribution in [0.25, 0.3) is 10.6 Å². The zero-order valence-corrected chi connectivity index (χ0v) is 20.8. The van der Waals surface area contributed by atoms with Crippen LogP contribution in [0.1, 0.15) is 54.4 Å². The number of aromatic nitrogens is 2. The van der Waals surface area contributed by atoms with E-state index in [1.54, 1.807) is 40.0 Å². The number of hydrogen-bond donors (Lipinski definition) is 1. The molecule has 2 heterocycles. The molecule has 180 valence electrons. The minimum atomic E-state index is -1.08. The number of aromatic amines is 1. The maximum absolute atomic E-state index is 13.0. The number of methoxy groups -OCH3 is 3. The van der Waals surface area contributed by atoms with Crippen LogP contribution in [0.15, 0.2) is 18.2 Å². The number of ketones is 1. The van der Waals surface area contributed by atoms with Crippen LogP contribution in [0.3, 0.4) is 0 Å². The molecule has 0 bridgehead atoms. The standard InChI is InChI=1S/C24H26N2O7S/c1-11-18(23(28)32-7)12(2)25-19(11)20(27)14(4)33-24(29)21-13(3)26-22(34-21)15-8-9-16(30-5)17(10-15)31-6/h8-10,14,25H,1-7H3. The number of carbonyl (C=O) groups is 3. The predicted molar refractivity (Wildman–Crippen MR) is 126 cm³/mol. The summed E-state index contributed by atoms with van der Waals surface area (Å²) < 4.78 is 20.8. The third-order valence-corrected chi connectivity index (χ3v) is 6.53. The van der Waals surface area contributed by atoms with Gasteiger partial charge < -0.3 is 23.9 Å². The highest BCUT2D eigenvalue weighted by atomic mass is 32.1. The highest BCUT2D eigenvalue weighted by molar-refractivity contribution is 7.17. The fourth-order valence-corrected chi connectivity index (χ4v) is 4.50. The molecule has 3 rings (SSSR count). The summed E-state index contributed by atoms with van der Waals surface area (Å²) in [6, 6.07) is 5.34. The van der Waals surface area contributed by atoms with E-state index < -0.39 is 23.8 Å². The van der Waals surface area contributed by atoms with Gasteiger partial charge in [0, 0.05) is 11.3 Å². The molecule has 34 heavy (non-hydrogen) atoms.